The van der Waals surface area contributed by atoms with Crippen LogP contribution in [0.25, 0.3) is 33.5 Å². The van der Waals surface area contributed by atoms with E-state index in [2.05, 4.69) is 5.10 Å². The minimum absolute atomic E-state index is 0.285. The van der Waals surface area contributed by atoms with Crippen LogP contribution in [0.15, 0.2) is 117 Å². The summed E-state index contributed by atoms with van der Waals surface area (Å²) in [4.78, 5) is 18.2. The fourth-order valence-corrected chi connectivity index (χ4v) is 4.16. The van der Waals surface area contributed by atoms with Gasteiger partial charge in [0.2, 0.25) is 5.82 Å². The zero-order chi connectivity index (χ0) is 25.2. The molecular weight excluding hydrogens is 486 g/mol. The van der Waals surface area contributed by atoms with Crippen LogP contribution in [0.4, 0.5) is 0 Å². The number of hydrogen-bond acceptors (Lipinski definition) is 5. The predicted octanol–water partition coefficient (Wildman–Crippen LogP) is 6.92. The van der Waals surface area contributed by atoms with Gasteiger partial charge >= 0.3 is 0 Å². The summed E-state index contributed by atoms with van der Waals surface area (Å²) < 4.78 is 13.2. The second-order valence-corrected chi connectivity index (χ2v) is 8.89. The van der Waals surface area contributed by atoms with Crippen molar-refractivity contribution >= 4 is 39.7 Å². The predicted molar refractivity (Wildman–Crippen MR) is 146 cm³/mol. The van der Waals surface area contributed by atoms with Crippen molar-refractivity contribution in [1.82, 2.24) is 9.66 Å². The van der Waals surface area contributed by atoms with Crippen LogP contribution >= 0.6 is 11.6 Å². The number of rotatable bonds is 6. The molecule has 7 heteroatoms. The van der Waals surface area contributed by atoms with Gasteiger partial charge in [-0.2, -0.15) is 9.78 Å². The number of para-hydroxylation sites is 2. The summed E-state index contributed by atoms with van der Waals surface area (Å²) >= 11 is 5.96. The molecule has 0 aliphatic heterocycles. The third kappa shape index (κ3) is 4.75. The molecule has 0 amide bonds. The number of fused-ring (bicyclic) bond motifs is 2. The average Bonchev–Trinajstić information content (AvgIpc) is 3.37. The lowest BCUT2D eigenvalue weighted by Crippen LogP contribution is -2.20. The van der Waals surface area contributed by atoms with Crippen molar-refractivity contribution in [1.29, 1.82) is 0 Å². The maximum atomic E-state index is 13.4. The van der Waals surface area contributed by atoms with Crippen molar-refractivity contribution < 1.29 is 9.15 Å². The number of ether oxygens (including phenoxy) is 1. The van der Waals surface area contributed by atoms with Crippen LogP contribution in [-0.4, -0.2) is 15.9 Å². The monoisotopic (exact) mass is 505 g/mol. The summed E-state index contributed by atoms with van der Waals surface area (Å²) in [7, 11) is 0. The van der Waals surface area contributed by atoms with Gasteiger partial charge in [-0.3, -0.25) is 4.79 Å². The molecule has 0 radical (unpaired) electrons. The Balaban J connectivity index is 1.36. The molecule has 4 aromatic carbocycles. The number of aromatic nitrogens is 2. The fourth-order valence-electron chi connectivity index (χ4n) is 4.04. The Morgan fingerprint density at radius 2 is 1.73 bits per heavy atom. The van der Waals surface area contributed by atoms with E-state index in [1.165, 1.54) is 4.68 Å². The number of furan rings is 1. The van der Waals surface area contributed by atoms with Gasteiger partial charge in [0.25, 0.3) is 5.56 Å². The lowest BCUT2D eigenvalue weighted by Gasteiger charge is -2.08. The molecule has 0 aliphatic carbocycles. The molecule has 0 aliphatic rings. The fraction of sp³-hybridized carbons (Fsp3) is 0.0333. The van der Waals surface area contributed by atoms with Gasteiger partial charge in [-0.15, -0.1) is 0 Å². The molecule has 0 saturated heterocycles. The second kappa shape index (κ2) is 9.76. The zero-order valence-corrected chi connectivity index (χ0v) is 20.3. The molecule has 0 saturated carbocycles. The smallest absolute Gasteiger partial charge is 0.282 e. The summed E-state index contributed by atoms with van der Waals surface area (Å²) in [5, 5.41) is 6.60. The normalized spacial score (nSPS) is 11.5. The van der Waals surface area contributed by atoms with Crippen molar-refractivity contribution in [3.8, 4) is 17.3 Å². The van der Waals surface area contributed by atoms with Crippen LogP contribution in [0.1, 0.15) is 11.1 Å². The largest absolute Gasteiger partial charge is 0.489 e. The first-order chi connectivity index (χ1) is 18.1. The van der Waals surface area contributed by atoms with E-state index in [0.717, 1.165) is 16.5 Å². The maximum Gasteiger partial charge on any atom is 0.282 e. The van der Waals surface area contributed by atoms with Crippen molar-refractivity contribution in [3.63, 3.8) is 0 Å². The Morgan fingerprint density at radius 3 is 2.59 bits per heavy atom. The molecule has 0 spiro atoms. The molecule has 0 N–H and O–H groups in total. The van der Waals surface area contributed by atoms with Crippen LogP contribution in [-0.2, 0) is 6.61 Å². The highest BCUT2D eigenvalue weighted by Crippen LogP contribution is 2.27. The van der Waals surface area contributed by atoms with Gasteiger partial charge in [0.05, 0.1) is 17.1 Å². The van der Waals surface area contributed by atoms with E-state index in [-0.39, 0.29) is 5.56 Å². The molecule has 180 valence electrons. The highest BCUT2D eigenvalue weighted by molar-refractivity contribution is 6.30. The molecule has 6 aromatic rings. The molecule has 37 heavy (non-hydrogen) atoms. The summed E-state index contributed by atoms with van der Waals surface area (Å²) in [5.74, 6) is 1.47. The Labute approximate surface area is 217 Å². The minimum Gasteiger partial charge on any atom is -0.489 e. The molecule has 2 aromatic heterocycles. The van der Waals surface area contributed by atoms with Crippen molar-refractivity contribution in [3.05, 3.63) is 130 Å². The Bertz CT molecular complexity index is 1790. The Hall–Kier alpha value is -4.68. The van der Waals surface area contributed by atoms with E-state index in [1.54, 1.807) is 18.3 Å². The third-order valence-electron chi connectivity index (χ3n) is 5.90. The quantitative estimate of drug-likeness (QED) is 0.230. The van der Waals surface area contributed by atoms with Crippen molar-refractivity contribution in [2.45, 2.75) is 6.61 Å². The Kier molecular flexibility index (Phi) is 6.00. The van der Waals surface area contributed by atoms with Crippen molar-refractivity contribution in [2.75, 3.05) is 0 Å². The van der Waals surface area contributed by atoms with Gasteiger partial charge in [0, 0.05) is 10.4 Å². The van der Waals surface area contributed by atoms with Gasteiger partial charge in [0.1, 0.15) is 17.9 Å². The van der Waals surface area contributed by atoms with Crippen molar-refractivity contribution in [2.24, 2.45) is 5.10 Å². The minimum atomic E-state index is -0.285. The summed E-state index contributed by atoms with van der Waals surface area (Å²) in [6.45, 7) is 0.405. The number of hydrogen-bond donors (Lipinski definition) is 0. The SMILES string of the molecule is O=c1c2ccccc2nc(-c2cc3ccccc3o2)n1N=Cc1cccc(OCc2ccc(Cl)cc2)c1. The highest BCUT2D eigenvalue weighted by atomic mass is 35.5. The van der Waals surface area contributed by atoms with E-state index in [9.17, 15) is 4.79 Å². The van der Waals surface area contributed by atoms with Gasteiger partial charge in [-0.1, -0.05) is 66.2 Å². The van der Waals surface area contributed by atoms with E-state index >= 15 is 0 Å². The molecular formula is C30H20ClN3O3. The number of nitrogens with zero attached hydrogens (tertiary/aromatic N) is 3. The second-order valence-electron chi connectivity index (χ2n) is 8.45. The first-order valence-electron chi connectivity index (χ1n) is 11.7. The zero-order valence-electron chi connectivity index (χ0n) is 19.5. The molecule has 0 fully saturated rings. The lowest BCUT2D eigenvalue weighted by molar-refractivity contribution is 0.306. The van der Waals surface area contributed by atoms with Gasteiger partial charge in [0.15, 0.2) is 5.76 Å². The maximum absolute atomic E-state index is 13.4. The van der Waals surface area contributed by atoms with Gasteiger partial charge in [-0.25, -0.2) is 4.98 Å². The summed E-state index contributed by atoms with van der Waals surface area (Å²) in [6.07, 6.45) is 1.61. The van der Waals surface area contributed by atoms with Crippen LogP contribution in [0.3, 0.4) is 0 Å². The average molecular weight is 506 g/mol. The van der Waals surface area contributed by atoms with Crippen LogP contribution in [0.5, 0.6) is 5.75 Å². The standard InChI is InChI=1S/C30H20ClN3O3/c31-23-14-12-20(13-15-23)19-36-24-8-5-6-21(16-24)18-32-34-29(28-17-22-7-1-4-11-27(22)37-28)33-26-10-3-2-9-25(26)30(34)35/h1-18H,19H2. The number of halogens is 1. The van der Waals surface area contributed by atoms with E-state index in [4.69, 9.17) is 25.7 Å². The third-order valence-corrected chi connectivity index (χ3v) is 6.15. The molecule has 6 rings (SSSR count). The molecule has 0 atom stereocenters. The van der Waals surface area contributed by atoms with Crippen LogP contribution in [0, 0.1) is 0 Å². The molecule has 0 bridgehead atoms. The molecule has 0 unspecified atom stereocenters. The Morgan fingerprint density at radius 1 is 0.919 bits per heavy atom. The van der Waals surface area contributed by atoms with E-state index in [1.807, 2.05) is 91.0 Å². The summed E-state index contributed by atoms with van der Waals surface area (Å²) in [6, 6.07) is 31.7. The highest BCUT2D eigenvalue weighted by Gasteiger charge is 2.16. The number of benzene rings is 4. The van der Waals surface area contributed by atoms with E-state index < -0.39 is 0 Å². The van der Waals surface area contributed by atoms with E-state index in [0.29, 0.717) is 45.4 Å². The van der Waals surface area contributed by atoms with Gasteiger partial charge < -0.3 is 9.15 Å². The molecule has 6 nitrogen and oxygen atoms in total. The topological polar surface area (TPSA) is 69.6 Å². The van der Waals surface area contributed by atoms with Crippen LogP contribution < -0.4 is 10.3 Å². The van der Waals surface area contributed by atoms with Gasteiger partial charge in [-0.05, 0) is 59.7 Å². The molecule has 2 heterocycles. The van der Waals surface area contributed by atoms with Crippen LogP contribution in [0.2, 0.25) is 5.02 Å². The lowest BCUT2D eigenvalue weighted by atomic mass is 10.2. The first kappa shape index (κ1) is 22.8. The first-order valence-corrected chi connectivity index (χ1v) is 12.0. The summed E-state index contributed by atoms with van der Waals surface area (Å²) in [5.41, 5.74) is 2.78.